The Bertz CT molecular complexity index is 1140. The minimum atomic E-state index is -4.32. The van der Waals surface area contributed by atoms with Crippen LogP contribution >= 0.6 is 0 Å². The third-order valence-corrected chi connectivity index (χ3v) is 6.40. The number of carbonyl (C=O) groups excluding carboxylic acids is 1. The highest BCUT2D eigenvalue weighted by Gasteiger charge is 2.41. The molecule has 5 nitrogen and oxygen atoms in total. The lowest BCUT2D eigenvalue weighted by Crippen LogP contribution is -2.49. The van der Waals surface area contributed by atoms with Crippen LogP contribution in [-0.2, 0) is 15.7 Å². The van der Waals surface area contributed by atoms with Crippen LogP contribution in [0.5, 0.6) is 5.75 Å². The molecule has 1 amide bonds. The molecule has 2 aromatic carbocycles. The highest BCUT2D eigenvalue weighted by Crippen LogP contribution is 2.41. The van der Waals surface area contributed by atoms with Crippen molar-refractivity contribution in [3.05, 3.63) is 59.8 Å². The smallest absolute Gasteiger partial charge is 0.416 e. The second-order valence-electron chi connectivity index (χ2n) is 8.95. The largest absolute Gasteiger partial charge is 0.490 e. The zero-order valence-corrected chi connectivity index (χ0v) is 17.5. The number of aromatic amines is 1. The summed E-state index contributed by atoms with van der Waals surface area (Å²) in [5.41, 5.74) is 1.35. The van der Waals surface area contributed by atoms with E-state index in [1.165, 1.54) is 0 Å². The summed E-state index contributed by atoms with van der Waals surface area (Å²) >= 11 is 0. The molecule has 2 heterocycles. The third kappa shape index (κ3) is 3.83. The summed E-state index contributed by atoms with van der Waals surface area (Å²) in [7, 11) is 0. The van der Waals surface area contributed by atoms with Gasteiger partial charge in [0.25, 0.3) is 0 Å². The minimum absolute atomic E-state index is 0.00256. The number of ether oxygens (including phenoxy) is 2. The lowest BCUT2D eigenvalue weighted by molar-refractivity contribution is -0.151. The first-order valence-corrected chi connectivity index (χ1v) is 10.6. The predicted molar refractivity (Wildman–Crippen MR) is 114 cm³/mol. The summed E-state index contributed by atoms with van der Waals surface area (Å²) in [5, 5.41) is 3.83. The molecule has 0 unspecified atom stereocenters. The van der Waals surface area contributed by atoms with E-state index in [0.717, 1.165) is 41.4 Å². The topological polar surface area (TPSA) is 63.4 Å². The van der Waals surface area contributed by atoms with Gasteiger partial charge in [0.15, 0.2) is 0 Å². The van der Waals surface area contributed by atoms with Crippen molar-refractivity contribution in [1.29, 1.82) is 0 Å². The van der Waals surface area contributed by atoms with Gasteiger partial charge in [-0.3, -0.25) is 4.79 Å². The van der Waals surface area contributed by atoms with E-state index >= 15 is 0 Å². The van der Waals surface area contributed by atoms with Crippen molar-refractivity contribution in [2.75, 3.05) is 18.5 Å². The van der Waals surface area contributed by atoms with Gasteiger partial charge in [-0.25, -0.2) is 0 Å². The molecule has 1 saturated carbocycles. The lowest BCUT2D eigenvalue weighted by atomic mass is 9.77. The van der Waals surface area contributed by atoms with Gasteiger partial charge in [0.05, 0.1) is 36.0 Å². The normalized spacial score (nSPS) is 22.1. The van der Waals surface area contributed by atoms with Gasteiger partial charge < -0.3 is 19.8 Å². The van der Waals surface area contributed by atoms with E-state index in [-0.39, 0.29) is 17.9 Å². The molecular formula is C24H23F3N2O3. The van der Waals surface area contributed by atoms with Crippen molar-refractivity contribution in [3.8, 4) is 5.75 Å². The number of aromatic nitrogens is 1. The number of anilines is 1. The third-order valence-electron chi connectivity index (χ3n) is 6.40. The Kier molecular flexibility index (Phi) is 4.93. The van der Waals surface area contributed by atoms with Crippen LogP contribution in [-0.4, -0.2) is 30.2 Å². The Hall–Kier alpha value is -3.00. The van der Waals surface area contributed by atoms with Crippen molar-refractivity contribution < 1.29 is 27.4 Å². The molecule has 5 rings (SSSR count). The second-order valence-corrected chi connectivity index (χ2v) is 8.95. The standard InChI is InChI=1S/C24H23F3N2O3/c1-23(12-31-13-23)22(30)29-21-11-28-20-7-6-17(10-19(20)21)32-18-8-15(9-18)14-2-4-16(5-3-14)24(25,26)27/h2-7,10-11,15,18,28H,8-9,12-13H2,1H3,(H,29,30)/t15-,18-. The Morgan fingerprint density at radius 1 is 1.16 bits per heavy atom. The number of H-pyrrole nitrogens is 1. The van der Waals surface area contributed by atoms with Crippen molar-refractivity contribution in [3.63, 3.8) is 0 Å². The summed E-state index contributed by atoms with van der Waals surface area (Å²) < 4.78 is 49.5. The van der Waals surface area contributed by atoms with Gasteiger partial charge in [0.1, 0.15) is 5.75 Å². The molecule has 8 heteroatoms. The maximum absolute atomic E-state index is 12.7. The first-order valence-electron chi connectivity index (χ1n) is 10.6. The number of hydrogen-bond donors (Lipinski definition) is 2. The van der Waals surface area contributed by atoms with Crippen LogP contribution in [0.3, 0.4) is 0 Å². The molecule has 1 aliphatic carbocycles. The quantitative estimate of drug-likeness (QED) is 0.547. The van der Waals surface area contributed by atoms with Gasteiger partial charge in [-0.05, 0) is 61.6 Å². The van der Waals surface area contributed by atoms with Crippen LogP contribution in [0.15, 0.2) is 48.7 Å². The van der Waals surface area contributed by atoms with Gasteiger partial charge in [-0.1, -0.05) is 12.1 Å². The number of nitrogens with one attached hydrogen (secondary N) is 2. The molecule has 2 N–H and O–H groups in total. The summed E-state index contributed by atoms with van der Waals surface area (Å²) in [4.78, 5) is 15.7. The fraction of sp³-hybridized carbons (Fsp3) is 0.375. The maximum Gasteiger partial charge on any atom is 0.416 e. The number of benzene rings is 2. The molecule has 2 aliphatic rings. The Morgan fingerprint density at radius 2 is 1.88 bits per heavy atom. The SMILES string of the molecule is CC1(C(=O)Nc2c[nH]c3ccc(O[C@H]4C[C@H](c5ccc(C(F)(F)F)cc5)C4)cc23)COC1. The number of fused-ring (bicyclic) bond motifs is 1. The van der Waals surface area contributed by atoms with Gasteiger partial charge in [-0.15, -0.1) is 0 Å². The lowest BCUT2D eigenvalue weighted by Gasteiger charge is -2.36. The fourth-order valence-electron chi connectivity index (χ4n) is 4.16. The van der Waals surface area contributed by atoms with Crippen LogP contribution in [0, 0.1) is 5.41 Å². The molecular weight excluding hydrogens is 421 g/mol. The average molecular weight is 444 g/mol. The van der Waals surface area contributed by atoms with Crippen molar-refractivity contribution in [2.45, 2.75) is 38.0 Å². The van der Waals surface area contributed by atoms with Gasteiger partial charge in [0, 0.05) is 17.1 Å². The summed E-state index contributed by atoms with van der Waals surface area (Å²) in [6.45, 7) is 2.70. The zero-order chi connectivity index (χ0) is 22.5. The van der Waals surface area contributed by atoms with E-state index in [2.05, 4.69) is 10.3 Å². The van der Waals surface area contributed by atoms with Crippen LogP contribution < -0.4 is 10.1 Å². The van der Waals surface area contributed by atoms with E-state index < -0.39 is 17.2 Å². The zero-order valence-electron chi connectivity index (χ0n) is 17.5. The number of amides is 1. The summed E-state index contributed by atoms with van der Waals surface area (Å²) in [6.07, 6.45) is -1.05. The van der Waals surface area contributed by atoms with Crippen LogP contribution in [0.4, 0.5) is 18.9 Å². The molecule has 1 aliphatic heterocycles. The molecule has 0 radical (unpaired) electrons. The average Bonchev–Trinajstić information content (AvgIpc) is 3.10. The molecule has 0 bridgehead atoms. The molecule has 2 fully saturated rings. The number of hydrogen-bond acceptors (Lipinski definition) is 3. The molecule has 32 heavy (non-hydrogen) atoms. The van der Waals surface area contributed by atoms with Crippen molar-refractivity contribution in [2.24, 2.45) is 5.41 Å². The molecule has 168 valence electrons. The van der Waals surface area contributed by atoms with Gasteiger partial charge in [0.2, 0.25) is 5.91 Å². The van der Waals surface area contributed by atoms with Gasteiger partial charge >= 0.3 is 6.18 Å². The van der Waals surface area contributed by atoms with Gasteiger partial charge in [-0.2, -0.15) is 13.2 Å². The van der Waals surface area contributed by atoms with E-state index in [4.69, 9.17) is 9.47 Å². The first-order chi connectivity index (χ1) is 15.2. The molecule has 0 atom stereocenters. The predicted octanol–water partition coefficient (Wildman–Crippen LogP) is 5.49. The van der Waals surface area contributed by atoms with Crippen LogP contribution in [0.25, 0.3) is 10.9 Å². The molecule has 1 saturated heterocycles. The summed E-state index contributed by atoms with van der Waals surface area (Å²) in [5.74, 6) is 0.814. The van der Waals surface area contributed by atoms with E-state index in [9.17, 15) is 18.0 Å². The molecule has 0 spiro atoms. The van der Waals surface area contributed by atoms with Crippen LogP contribution in [0.1, 0.15) is 36.8 Å². The molecule has 1 aromatic heterocycles. The number of rotatable bonds is 5. The van der Waals surface area contributed by atoms with E-state index in [0.29, 0.717) is 24.7 Å². The Morgan fingerprint density at radius 3 is 2.50 bits per heavy atom. The monoisotopic (exact) mass is 444 g/mol. The number of carbonyl (C=O) groups is 1. The first kappa shape index (κ1) is 20.9. The van der Waals surface area contributed by atoms with Crippen molar-refractivity contribution in [1.82, 2.24) is 4.98 Å². The van der Waals surface area contributed by atoms with E-state index in [1.54, 1.807) is 18.3 Å². The highest BCUT2D eigenvalue weighted by atomic mass is 19.4. The fourth-order valence-corrected chi connectivity index (χ4v) is 4.16. The second kappa shape index (κ2) is 7.55. The number of halogens is 3. The number of alkyl halides is 3. The van der Waals surface area contributed by atoms with Crippen molar-refractivity contribution >= 4 is 22.5 Å². The maximum atomic E-state index is 12.7. The Balaban J connectivity index is 1.22. The van der Waals surface area contributed by atoms with E-state index in [1.807, 2.05) is 25.1 Å². The van der Waals surface area contributed by atoms with Crippen LogP contribution in [0.2, 0.25) is 0 Å². The minimum Gasteiger partial charge on any atom is -0.490 e. The highest BCUT2D eigenvalue weighted by molar-refractivity contribution is 6.04. The molecule has 3 aromatic rings. The summed E-state index contributed by atoms with van der Waals surface area (Å²) in [6, 6.07) is 11.0. The Labute approximate surface area is 182 Å².